The monoisotopic (exact) mass is 307 g/mol. The topological polar surface area (TPSA) is 29.0 Å². The molecular weight excluding hydrogens is 292 g/mol. The molecule has 0 amide bonds. The highest BCUT2D eigenvalue weighted by Gasteiger charge is 2.45. The molecule has 0 N–H and O–H groups in total. The molecule has 1 aliphatic rings. The molecule has 0 aliphatic carbocycles. The highest BCUT2D eigenvalue weighted by Crippen LogP contribution is 2.34. The molecule has 1 aliphatic heterocycles. The van der Waals surface area contributed by atoms with Crippen LogP contribution in [0, 0.1) is 5.92 Å². The number of alkyl halides is 2. The van der Waals surface area contributed by atoms with Crippen molar-refractivity contribution in [3.05, 3.63) is 17.0 Å². The van der Waals surface area contributed by atoms with Crippen molar-refractivity contribution in [3.8, 4) is 0 Å². The van der Waals surface area contributed by atoms with E-state index in [0.29, 0.717) is 17.0 Å². The lowest BCUT2D eigenvalue weighted by molar-refractivity contribution is -0.0138. The molecule has 2 rings (SSSR count). The first kappa shape index (κ1) is 14.3. The third-order valence-electron chi connectivity index (χ3n) is 2.55. The molecule has 3 nitrogen and oxygen atoms in total. The molecule has 1 saturated heterocycles. The van der Waals surface area contributed by atoms with Crippen LogP contribution in [-0.4, -0.2) is 29.0 Å². The molecule has 1 atom stereocenters. The average Bonchev–Trinajstić information content (AvgIpc) is 2.57. The van der Waals surface area contributed by atoms with Crippen LogP contribution in [-0.2, 0) is 0 Å². The molecule has 0 saturated carbocycles. The highest BCUT2D eigenvalue weighted by atomic mass is 79.9. The summed E-state index contributed by atoms with van der Waals surface area (Å²) >= 11 is 3.15. The zero-order valence-electron chi connectivity index (χ0n) is 10.1. The Labute approximate surface area is 108 Å². The molecule has 0 bridgehead atoms. The van der Waals surface area contributed by atoms with Crippen LogP contribution in [0.5, 0.6) is 0 Å². The van der Waals surface area contributed by atoms with E-state index in [-0.39, 0.29) is 6.54 Å². The molecule has 1 aromatic rings. The van der Waals surface area contributed by atoms with Crippen LogP contribution in [0.25, 0.3) is 0 Å². The van der Waals surface area contributed by atoms with Crippen LogP contribution in [0.2, 0.25) is 0 Å². The highest BCUT2D eigenvalue weighted by molar-refractivity contribution is 9.10. The van der Waals surface area contributed by atoms with E-state index in [0.717, 1.165) is 0 Å². The zero-order valence-corrected chi connectivity index (χ0v) is 11.7. The van der Waals surface area contributed by atoms with Crippen LogP contribution < -0.4 is 4.90 Å². The lowest BCUT2D eigenvalue weighted by Gasteiger charge is -2.15. The van der Waals surface area contributed by atoms with Crippen molar-refractivity contribution in [2.45, 2.75) is 26.7 Å². The lowest BCUT2D eigenvalue weighted by atomic mass is 10.1. The Bertz CT molecular complexity index is 356. The first-order valence-electron chi connectivity index (χ1n) is 5.59. The third kappa shape index (κ3) is 3.34. The van der Waals surface area contributed by atoms with E-state index in [4.69, 9.17) is 0 Å². The Hall–Kier alpha value is -0.780. The van der Waals surface area contributed by atoms with Gasteiger partial charge in [-0.2, -0.15) is 0 Å². The van der Waals surface area contributed by atoms with Gasteiger partial charge in [0.2, 0.25) is 0 Å². The Balaban J connectivity index is 0.000000686. The number of hydrogen-bond acceptors (Lipinski definition) is 3. The van der Waals surface area contributed by atoms with Crippen LogP contribution in [0.15, 0.2) is 17.0 Å². The largest absolute Gasteiger partial charge is 0.349 e. The molecule has 0 spiro atoms. The average molecular weight is 308 g/mol. The fourth-order valence-electron chi connectivity index (χ4n) is 1.58. The second kappa shape index (κ2) is 5.71. The second-order valence-electron chi connectivity index (χ2n) is 3.74. The number of nitrogens with zero attached hydrogens (tertiary/aromatic N) is 3. The lowest BCUT2D eigenvalue weighted by Crippen LogP contribution is -2.27. The van der Waals surface area contributed by atoms with Crippen LogP contribution in [0.3, 0.4) is 0 Å². The van der Waals surface area contributed by atoms with Gasteiger partial charge in [0.05, 0.1) is 18.9 Å². The number of anilines is 1. The Morgan fingerprint density at radius 2 is 2.00 bits per heavy atom. The smallest absolute Gasteiger partial charge is 0.269 e. The van der Waals surface area contributed by atoms with Gasteiger partial charge in [-0.25, -0.2) is 18.7 Å². The van der Waals surface area contributed by atoms with Crippen molar-refractivity contribution < 1.29 is 8.78 Å². The first-order chi connectivity index (χ1) is 7.99. The molecule has 1 unspecified atom stereocenters. The van der Waals surface area contributed by atoms with Gasteiger partial charge in [-0.15, -0.1) is 0 Å². The summed E-state index contributed by atoms with van der Waals surface area (Å²) in [5.74, 6) is -2.76. The van der Waals surface area contributed by atoms with E-state index in [1.54, 1.807) is 11.8 Å². The summed E-state index contributed by atoms with van der Waals surface area (Å²) < 4.78 is 27.1. The van der Waals surface area contributed by atoms with Crippen LogP contribution >= 0.6 is 15.9 Å². The molecule has 6 heteroatoms. The van der Waals surface area contributed by atoms with Gasteiger partial charge in [-0.1, -0.05) is 20.8 Å². The summed E-state index contributed by atoms with van der Waals surface area (Å²) in [6.07, 6.45) is 3.01. The number of rotatable bonds is 1. The van der Waals surface area contributed by atoms with Crippen LogP contribution in [0.4, 0.5) is 14.6 Å². The predicted molar refractivity (Wildman–Crippen MR) is 67.4 cm³/mol. The molecular formula is C11H16BrF2N3. The molecule has 1 fully saturated rings. The van der Waals surface area contributed by atoms with Gasteiger partial charge in [0, 0.05) is 12.5 Å². The molecule has 0 radical (unpaired) electrons. The maximum absolute atomic E-state index is 13.3. The molecule has 0 aromatic carbocycles. The van der Waals surface area contributed by atoms with E-state index in [1.807, 2.05) is 13.8 Å². The maximum atomic E-state index is 13.3. The Morgan fingerprint density at radius 3 is 2.41 bits per heavy atom. The molecule has 17 heavy (non-hydrogen) atoms. The van der Waals surface area contributed by atoms with Gasteiger partial charge in [-0.05, 0) is 15.9 Å². The van der Waals surface area contributed by atoms with Gasteiger partial charge >= 0.3 is 0 Å². The van der Waals surface area contributed by atoms with E-state index < -0.39 is 11.8 Å². The van der Waals surface area contributed by atoms with Crippen molar-refractivity contribution in [2.24, 2.45) is 5.92 Å². The Morgan fingerprint density at radius 1 is 1.35 bits per heavy atom. The second-order valence-corrected chi connectivity index (χ2v) is 4.55. The van der Waals surface area contributed by atoms with Crippen LogP contribution in [0.1, 0.15) is 20.8 Å². The molecule has 2 heterocycles. The normalized spacial score (nSPS) is 22.0. The van der Waals surface area contributed by atoms with E-state index in [9.17, 15) is 8.78 Å². The predicted octanol–water partition coefficient (Wildman–Crippen LogP) is 3.36. The van der Waals surface area contributed by atoms with Crippen molar-refractivity contribution in [3.63, 3.8) is 0 Å². The number of halogens is 3. The minimum atomic E-state index is -2.63. The van der Waals surface area contributed by atoms with Crippen molar-refractivity contribution in [1.82, 2.24) is 9.97 Å². The quantitative estimate of drug-likeness (QED) is 0.796. The van der Waals surface area contributed by atoms with Gasteiger partial charge < -0.3 is 4.90 Å². The minimum absolute atomic E-state index is 0.273. The van der Waals surface area contributed by atoms with Crippen molar-refractivity contribution in [1.29, 1.82) is 0 Å². The summed E-state index contributed by atoms with van der Waals surface area (Å²) in [4.78, 5) is 9.57. The molecule has 96 valence electrons. The minimum Gasteiger partial charge on any atom is -0.349 e. The van der Waals surface area contributed by atoms with E-state index in [2.05, 4.69) is 25.9 Å². The van der Waals surface area contributed by atoms with E-state index >= 15 is 0 Å². The summed E-state index contributed by atoms with van der Waals surface area (Å²) in [5, 5.41) is 0. The number of hydrogen-bond donors (Lipinski definition) is 0. The summed E-state index contributed by atoms with van der Waals surface area (Å²) in [6.45, 7) is 5.60. The van der Waals surface area contributed by atoms with Gasteiger partial charge in [0.1, 0.15) is 10.4 Å². The van der Waals surface area contributed by atoms with E-state index in [1.165, 1.54) is 12.4 Å². The number of aromatic nitrogens is 2. The fraction of sp³-hybridized carbons (Fsp3) is 0.636. The SMILES string of the molecule is CC.CC1CN(c2cnc(Br)cn2)CC1(F)F. The maximum Gasteiger partial charge on any atom is 0.269 e. The van der Waals surface area contributed by atoms with Gasteiger partial charge in [0.15, 0.2) is 0 Å². The first-order valence-corrected chi connectivity index (χ1v) is 6.38. The summed E-state index contributed by atoms with van der Waals surface area (Å²) in [5.41, 5.74) is 0. The Kier molecular flexibility index (Phi) is 4.80. The summed E-state index contributed by atoms with van der Waals surface area (Å²) in [7, 11) is 0. The molecule has 1 aromatic heterocycles. The zero-order chi connectivity index (χ0) is 13.1. The standard InChI is InChI=1S/C9H10BrF2N3.C2H6/c1-6-4-15(5-9(6,11)12)8-3-13-7(10)2-14-8;1-2/h2-3,6H,4-5H2,1H3;1-2H3. The van der Waals surface area contributed by atoms with Gasteiger partial charge in [-0.3, -0.25) is 0 Å². The van der Waals surface area contributed by atoms with Crippen molar-refractivity contribution in [2.75, 3.05) is 18.0 Å². The van der Waals surface area contributed by atoms with Crippen molar-refractivity contribution >= 4 is 21.7 Å². The van der Waals surface area contributed by atoms with Gasteiger partial charge in [0.25, 0.3) is 5.92 Å². The fourth-order valence-corrected chi connectivity index (χ4v) is 1.79. The summed E-state index contributed by atoms with van der Waals surface area (Å²) in [6, 6.07) is 0. The third-order valence-corrected chi connectivity index (χ3v) is 2.96.